The average Bonchev–Trinajstić information content (AvgIpc) is 3.23. The van der Waals surface area contributed by atoms with Crippen LogP contribution in [-0.4, -0.2) is 39.1 Å². The van der Waals surface area contributed by atoms with Gasteiger partial charge in [0.05, 0.1) is 24.4 Å². The van der Waals surface area contributed by atoms with Crippen molar-refractivity contribution in [3.63, 3.8) is 0 Å². The number of aliphatic hydroxyl groups excluding tert-OH is 1. The fourth-order valence-electron chi connectivity index (χ4n) is 6.22. The number of aromatic carboxylic acids is 1. The summed E-state index contributed by atoms with van der Waals surface area (Å²) in [4.78, 5) is 29.0. The predicted octanol–water partition coefficient (Wildman–Crippen LogP) is 9.39. The number of benzene rings is 5. The summed E-state index contributed by atoms with van der Waals surface area (Å²) in [5.41, 5.74) is 6.27. The second-order valence-electron chi connectivity index (χ2n) is 12.8. The van der Waals surface area contributed by atoms with Crippen LogP contribution in [0.2, 0.25) is 0 Å². The van der Waals surface area contributed by atoms with E-state index in [0.29, 0.717) is 35.2 Å². The summed E-state index contributed by atoms with van der Waals surface area (Å²) in [6.07, 6.45) is 0.892. The van der Waals surface area contributed by atoms with Gasteiger partial charge < -0.3 is 35.1 Å². The van der Waals surface area contributed by atoms with Gasteiger partial charge in [-0.25, -0.2) is 14.6 Å². The number of hydrogen-bond donors (Lipinski definition) is 4. The molecule has 0 spiro atoms. The summed E-state index contributed by atoms with van der Waals surface area (Å²) in [5.74, 6) is 0.852. The van der Waals surface area contributed by atoms with Crippen molar-refractivity contribution in [1.29, 1.82) is 0 Å². The zero-order valence-corrected chi connectivity index (χ0v) is 30.5. The number of aromatic nitrogens is 1. The first-order chi connectivity index (χ1) is 26.9. The third kappa shape index (κ3) is 9.77. The topological polar surface area (TPSA) is 139 Å². The van der Waals surface area contributed by atoms with Crippen LogP contribution in [0.25, 0.3) is 11.1 Å². The first-order valence-electron chi connectivity index (χ1n) is 17.8. The maximum absolute atomic E-state index is 12.9. The van der Waals surface area contributed by atoms with Crippen molar-refractivity contribution in [3.8, 4) is 22.6 Å². The van der Waals surface area contributed by atoms with Crippen LogP contribution in [0, 0.1) is 0 Å². The minimum atomic E-state index is -1.03. The number of urea groups is 1. The third-order valence-electron chi connectivity index (χ3n) is 9.06. The molecule has 55 heavy (non-hydrogen) atoms. The van der Waals surface area contributed by atoms with Gasteiger partial charge in [0.25, 0.3) is 0 Å². The molecule has 1 saturated heterocycles. The Hall–Kier alpha value is -5.98. The number of para-hydroxylation sites is 1. The van der Waals surface area contributed by atoms with Gasteiger partial charge in [-0.2, -0.15) is 0 Å². The Balaban J connectivity index is 1.01. The Bertz CT molecular complexity index is 2200. The Morgan fingerprint density at radius 2 is 1.49 bits per heavy atom. The summed E-state index contributed by atoms with van der Waals surface area (Å²) in [5, 5.41) is 25.5. The van der Waals surface area contributed by atoms with Crippen molar-refractivity contribution < 1.29 is 34.0 Å². The molecule has 7 rings (SSSR count). The van der Waals surface area contributed by atoms with Gasteiger partial charge in [-0.3, -0.25) is 0 Å². The Morgan fingerprint density at radius 1 is 0.782 bits per heavy atom. The summed E-state index contributed by atoms with van der Waals surface area (Å²) >= 11 is 1.35. The van der Waals surface area contributed by atoms with Crippen LogP contribution in [0.5, 0.6) is 11.5 Å². The number of hydrogen-bond acceptors (Lipinski definition) is 8. The maximum Gasteiger partial charge on any atom is 0.338 e. The molecule has 6 aromatic rings. The first kappa shape index (κ1) is 37.3. The number of thioether (sulfide) groups is 1. The van der Waals surface area contributed by atoms with Gasteiger partial charge in [-0.1, -0.05) is 91.0 Å². The minimum Gasteiger partial charge on any atom is -0.478 e. The second kappa shape index (κ2) is 17.9. The average molecular weight is 754 g/mol. The molecule has 0 saturated carbocycles. The molecule has 0 radical (unpaired) electrons. The molecule has 1 aliphatic heterocycles. The van der Waals surface area contributed by atoms with Crippen LogP contribution < -0.4 is 15.4 Å². The summed E-state index contributed by atoms with van der Waals surface area (Å²) in [6.45, 7) is 0.260. The number of pyridine rings is 1. The van der Waals surface area contributed by atoms with Crippen LogP contribution in [0.4, 0.5) is 10.5 Å². The molecular formula is C44H39N3O7S. The highest BCUT2D eigenvalue weighted by Gasteiger charge is 2.32. The second-order valence-corrected chi connectivity index (χ2v) is 13.9. The quantitative estimate of drug-likeness (QED) is 0.0850. The van der Waals surface area contributed by atoms with Gasteiger partial charge in [-0.05, 0) is 76.3 Å². The number of amides is 2. The van der Waals surface area contributed by atoms with Crippen molar-refractivity contribution in [2.24, 2.45) is 0 Å². The number of aliphatic hydroxyl groups is 1. The van der Waals surface area contributed by atoms with E-state index in [4.69, 9.17) is 14.2 Å². The molecule has 5 aromatic carbocycles. The monoisotopic (exact) mass is 753 g/mol. The number of carboxylic acids is 1. The molecule has 278 valence electrons. The molecular weight excluding hydrogens is 715 g/mol. The van der Waals surface area contributed by atoms with E-state index in [-0.39, 0.29) is 30.4 Å². The fraction of sp³-hybridized carbons (Fsp3) is 0.159. The van der Waals surface area contributed by atoms with Gasteiger partial charge in [0, 0.05) is 36.2 Å². The number of carbonyl (C=O) groups excluding carboxylic acids is 1. The molecule has 1 aliphatic rings. The molecule has 10 nitrogen and oxygen atoms in total. The molecule has 3 unspecified atom stereocenters. The van der Waals surface area contributed by atoms with Crippen LogP contribution in [0.1, 0.15) is 51.4 Å². The van der Waals surface area contributed by atoms with E-state index in [1.54, 1.807) is 42.6 Å². The Labute approximate surface area is 323 Å². The molecule has 2 amide bonds. The SMILES string of the molecule is O=C(NCc1ccccc1-c1ccc(C2OC(CSc3ncccc3C(=O)O)CC(c3ccc(CO)cc3)O2)cc1)Nc1ccc(Oc2ccccc2)cc1. The molecule has 4 N–H and O–H groups in total. The number of anilines is 1. The molecule has 3 atom stereocenters. The molecule has 2 heterocycles. The lowest BCUT2D eigenvalue weighted by Gasteiger charge is -2.36. The molecule has 0 bridgehead atoms. The van der Waals surface area contributed by atoms with E-state index in [2.05, 4.69) is 15.6 Å². The number of ether oxygens (including phenoxy) is 3. The van der Waals surface area contributed by atoms with Crippen molar-refractivity contribution in [1.82, 2.24) is 10.3 Å². The largest absolute Gasteiger partial charge is 0.478 e. The molecule has 1 fully saturated rings. The summed E-state index contributed by atoms with van der Waals surface area (Å²) in [7, 11) is 0. The number of nitrogens with zero attached hydrogens (tertiary/aromatic N) is 1. The highest BCUT2D eigenvalue weighted by Crippen LogP contribution is 2.40. The highest BCUT2D eigenvalue weighted by molar-refractivity contribution is 7.99. The van der Waals surface area contributed by atoms with Crippen molar-refractivity contribution >= 4 is 29.4 Å². The van der Waals surface area contributed by atoms with Gasteiger partial charge in [-0.15, -0.1) is 11.8 Å². The highest BCUT2D eigenvalue weighted by atomic mass is 32.2. The minimum absolute atomic E-state index is 0.0496. The molecule has 0 aliphatic carbocycles. The lowest BCUT2D eigenvalue weighted by molar-refractivity contribution is -0.245. The van der Waals surface area contributed by atoms with Gasteiger partial charge in [0.2, 0.25) is 0 Å². The standard InChI is InChI=1S/C44H39N3O7S/c48-27-29-12-14-31(15-13-29)40-25-37(28-55-41-39(42(49)50)11-6-24-45-41)53-43(54-40)32-18-16-30(17-19-32)38-10-5-4-7-33(38)26-46-44(51)47-34-20-22-36(23-21-34)52-35-8-2-1-3-9-35/h1-24,37,40,43,48H,25-28H2,(H,49,50)(H2,46,47,51). The third-order valence-corrected chi connectivity index (χ3v) is 10.2. The number of nitrogens with one attached hydrogen (secondary N) is 2. The van der Waals surface area contributed by atoms with Crippen LogP contribution in [0.15, 0.2) is 151 Å². The van der Waals surface area contributed by atoms with Gasteiger partial charge in [0.15, 0.2) is 6.29 Å². The van der Waals surface area contributed by atoms with E-state index in [0.717, 1.165) is 39.1 Å². The van der Waals surface area contributed by atoms with Crippen LogP contribution in [-0.2, 0) is 22.6 Å². The van der Waals surface area contributed by atoms with Crippen LogP contribution in [0.3, 0.4) is 0 Å². The van der Waals surface area contributed by atoms with Crippen LogP contribution >= 0.6 is 11.8 Å². The zero-order valence-electron chi connectivity index (χ0n) is 29.7. The van der Waals surface area contributed by atoms with E-state index in [1.807, 2.05) is 103 Å². The maximum atomic E-state index is 12.9. The van der Waals surface area contributed by atoms with Crippen molar-refractivity contribution in [2.75, 3.05) is 11.1 Å². The number of rotatable bonds is 13. The number of carbonyl (C=O) groups is 2. The normalized spacial score (nSPS) is 16.6. The summed E-state index contributed by atoms with van der Waals surface area (Å²) in [6, 6.07) is 43.1. The first-order valence-corrected chi connectivity index (χ1v) is 18.8. The molecule has 1 aromatic heterocycles. The fourth-order valence-corrected chi connectivity index (χ4v) is 7.23. The lowest BCUT2D eigenvalue weighted by Crippen LogP contribution is -2.31. The molecule has 11 heteroatoms. The van der Waals surface area contributed by atoms with E-state index in [9.17, 15) is 19.8 Å². The summed E-state index contributed by atoms with van der Waals surface area (Å²) < 4.78 is 18.9. The predicted molar refractivity (Wildman–Crippen MR) is 211 cm³/mol. The van der Waals surface area contributed by atoms with E-state index in [1.165, 1.54) is 11.8 Å². The smallest absolute Gasteiger partial charge is 0.338 e. The van der Waals surface area contributed by atoms with Crippen molar-refractivity contribution in [3.05, 3.63) is 174 Å². The zero-order chi connectivity index (χ0) is 38.0. The van der Waals surface area contributed by atoms with Gasteiger partial charge in [0.1, 0.15) is 16.5 Å². The Kier molecular flexibility index (Phi) is 12.2. The van der Waals surface area contributed by atoms with Gasteiger partial charge >= 0.3 is 12.0 Å². The van der Waals surface area contributed by atoms with E-state index >= 15 is 0 Å². The lowest BCUT2D eigenvalue weighted by atomic mass is 9.98. The van der Waals surface area contributed by atoms with E-state index < -0.39 is 12.3 Å². The van der Waals surface area contributed by atoms with Crippen molar-refractivity contribution in [2.45, 2.75) is 43.1 Å². The Morgan fingerprint density at radius 3 is 2.24 bits per heavy atom. The number of carboxylic acid groups (broad SMARTS) is 1.